The second kappa shape index (κ2) is 11.1. The summed E-state index contributed by atoms with van der Waals surface area (Å²) < 4.78 is 5.21. The number of rotatable bonds is 8. The molecule has 0 bridgehead atoms. The minimum Gasteiger partial charge on any atom is -0.462 e. The number of esters is 1. The van der Waals surface area contributed by atoms with Gasteiger partial charge in [-0.05, 0) is 50.7 Å². The summed E-state index contributed by atoms with van der Waals surface area (Å²) in [5.41, 5.74) is 0.361. The van der Waals surface area contributed by atoms with E-state index in [0.29, 0.717) is 22.2 Å². The van der Waals surface area contributed by atoms with Gasteiger partial charge in [-0.2, -0.15) is 0 Å². The Morgan fingerprint density at radius 1 is 1.19 bits per heavy atom. The van der Waals surface area contributed by atoms with Crippen LogP contribution in [-0.2, 0) is 4.74 Å². The third-order valence-corrected chi connectivity index (χ3v) is 3.70. The number of benzene rings is 1. The van der Waals surface area contributed by atoms with E-state index in [0.717, 1.165) is 32.5 Å². The lowest BCUT2D eigenvalue weighted by atomic mass is 10.2. The number of carbonyl (C=O) groups excluding carboxylic acids is 1. The van der Waals surface area contributed by atoms with Crippen LogP contribution in [0.4, 0.5) is 0 Å². The Morgan fingerprint density at radius 3 is 2.43 bits per heavy atom. The van der Waals surface area contributed by atoms with Crippen molar-refractivity contribution >= 4 is 41.6 Å². The molecule has 1 aromatic rings. The van der Waals surface area contributed by atoms with Gasteiger partial charge in [0.25, 0.3) is 0 Å². The Kier molecular flexibility index (Phi) is 10.9. The summed E-state index contributed by atoms with van der Waals surface area (Å²) in [6, 6.07) is 4.76. The molecule has 3 nitrogen and oxygen atoms in total. The first-order valence-corrected chi connectivity index (χ1v) is 7.68. The minimum absolute atomic E-state index is 0. The molecule has 1 rings (SSSR count). The molecule has 120 valence electrons. The molecule has 0 N–H and O–H groups in total. The van der Waals surface area contributed by atoms with Crippen LogP contribution in [0.3, 0.4) is 0 Å². The zero-order valence-corrected chi connectivity index (χ0v) is 14.7. The van der Waals surface area contributed by atoms with Gasteiger partial charge in [-0.1, -0.05) is 37.0 Å². The zero-order valence-electron chi connectivity index (χ0n) is 12.4. The van der Waals surface area contributed by atoms with Gasteiger partial charge in [0.05, 0.1) is 17.2 Å². The van der Waals surface area contributed by atoms with Gasteiger partial charge in [-0.25, -0.2) is 4.79 Å². The molecule has 0 fully saturated rings. The summed E-state index contributed by atoms with van der Waals surface area (Å²) in [7, 11) is 0. The molecule has 6 heteroatoms. The van der Waals surface area contributed by atoms with Crippen molar-refractivity contribution in [3.05, 3.63) is 33.8 Å². The number of ether oxygens (including phenoxy) is 1. The third-order valence-electron chi connectivity index (χ3n) is 3.15. The second-order valence-corrected chi connectivity index (χ2v) is 5.34. The molecule has 0 unspecified atom stereocenters. The van der Waals surface area contributed by atoms with E-state index in [2.05, 4.69) is 18.7 Å². The third kappa shape index (κ3) is 7.37. The first-order valence-electron chi connectivity index (χ1n) is 6.93. The molecule has 0 aromatic heterocycles. The van der Waals surface area contributed by atoms with Crippen LogP contribution in [0.1, 0.15) is 37.0 Å². The lowest BCUT2D eigenvalue weighted by Gasteiger charge is -2.17. The van der Waals surface area contributed by atoms with E-state index >= 15 is 0 Å². The van der Waals surface area contributed by atoms with Crippen molar-refractivity contribution in [2.75, 3.05) is 26.2 Å². The fraction of sp³-hybridized carbons (Fsp3) is 0.533. The van der Waals surface area contributed by atoms with Gasteiger partial charge in [0, 0.05) is 5.02 Å². The maximum absolute atomic E-state index is 11.8. The van der Waals surface area contributed by atoms with Crippen LogP contribution in [0.15, 0.2) is 18.2 Å². The largest absolute Gasteiger partial charge is 0.462 e. The molecule has 0 saturated carbocycles. The molecule has 0 saturated heterocycles. The smallest absolute Gasteiger partial charge is 0.339 e. The highest BCUT2D eigenvalue weighted by Gasteiger charge is 2.11. The number of halogens is 3. The van der Waals surface area contributed by atoms with Crippen LogP contribution in [-0.4, -0.2) is 37.1 Å². The Hall–Kier alpha value is -0.480. The molecular formula is C15H22Cl3NO2. The van der Waals surface area contributed by atoms with Gasteiger partial charge in [0.1, 0.15) is 0 Å². The van der Waals surface area contributed by atoms with Crippen LogP contribution < -0.4 is 0 Å². The summed E-state index contributed by atoms with van der Waals surface area (Å²) in [5, 5.41) is 0.830. The van der Waals surface area contributed by atoms with Crippen molar-refractivity contribution in [3.63, 3.8) is 0 Å². The lowest BCUT2D eigenvalue weighted by Crippen LogP contribution is -2.24. The Labute approximate surface area is 143 Å². The van der Waals surface area contributed by atoms with Crippen molar-refractivity contribution in [2.24, 2.45) is 0 Å². The van der Waals surface area contributed by atoms with Crippen molar-refractivity contribution in [2.45, 2.75) is 26.7 Å². The Bertz CT molecular complexity index is 437. The van der Waals surface area contributed by atoms with Crippen LogP contribution in [0.25, 0.3) is 0 Å². The van der Waals surface area contributed by atoms with Crippen molar-refractivity contribution < 1.29 is 9.53 Å². The van der Waals surface area contributed by atoms with Gasteiger partial charge >= 0.3 is 5.97 Å². The SMILES string of the molecule is CCN(CC)CCCCOC(=O)c1ccc(Cl)cc1Cl.Cl. The maximum atomic E-state index is 11.8. The molecule has 0 atom stereocenters. The van der Waals surface area contributed by atoms with Gasteiger partial charge in [-0.15, -0.1) is 12.4 Å². The zero-order chi connectivity index (χ0) is 15.0. The molecule has 0 aliphatic heterocycles. The predicted molar refractivity (Wildman–Crippen MR) is 91.0 cm³/mol. The summed E-state index contributed by atoms with van der Waals surface area (Å²) in [6.45, 7) is 7.84. The fourth-order valence-electron chi connectivity index (χ4n) is 1.87. The van der Waals surface area contributed by atoms with Crippen LogP contribution >= 0.6 is 35.6 Å². The van der Waals surface area contributed by atoms with E-state index in [1.165, 1.54) is 0 Å². The molecule has 0 spiro atoms. The standard InChI is InChI=1S/C15H21Cl2NO2.ClH/c1-3-18(4-2)9-5-6-10-20-15(19)13-8-7-12(16)11-14(13)17;/h7-8,11H,3-6,9-10H2,1-2H3;1H. The molecular weight excluding hydrogens is 333 g/mol. The number of hydrogen-bond acceptors (Lipinski definition) is 3. The van der Waals surface area contributed by atoms with Gasteiger partial charge in [0.15, 0.2) is 0 Å². The van der Waals surface area contributed by atoms with Crippen molar-refractivity contribution in [1.82, 2.24) is 4.90 Å². The van der Waals surface area contributed by atoms with E-state index in [9.17, 15) is 4.79 Å². The van der Waals surface area contributed by atoms with E-state index in [1.54, 1.807) is 18.2 Å². The first kappa shape index (κ1) is 20.5. The molecule has 0 amide bonds. The molecule has 1 aromatic carbocycles. The van der Waals surface area contributed by atoms with Crippen LogP contribution in [0, 0.1) is 0 Å². The van der Waals surface area contributed by atoms with Gasteiger partial charge in [-0.3, -0.25) is 0 Å². The second-order valence-electron chi connectivity index (χ2n) is 4.49. The lowest BCUT2D eigenvalue weighted by molar-refractivity contribution is 0.0495. The van der Waals surface area contributed by atoms with E-state index < -0.39 is 5.97 Å². The Morgan fingerprint density at radius 2 is 1.86 bits per heavy atom. The summed E-state index contributed by atoms with van der Waals surface area (Å²) in [5.74, 6) is -0.394. The van der Waals surface area contributed by atoms with Gasteiger partial charge in [0.2, 0.25) is 0 Å². The molecule has 0 radical (unpaired) electrons. The number of unbranched alkanes of at least 4 members (excludes halogenated alkanes) is 1. The first-order chi connectivity index (χ1) is 9.58. The fourth-order valence-corrected chi connectivity index (χ4v) is 2.36. The molecule has 21 heavy (non-hydrogen) atoms. The topological polar surface area (TPSA) is 29.5 Å². The van der Waals surface area contributed by atoms with Crippen LogP contribution in [0.2, 0.25) is 10.0 Å². The molecule has 0 heterocycles. The van der Waals surface area contributed by atoms with Crippen molar-refractivity contribution in [3.8, 4) is 0 Å². The van der Waals surface area contributed by atoms with Crippen molar-refractivity contribution in [1.29, 1.82) is 0 Å². The molecule has 0 aliphatic carbocycles. The number of hydrogen-bond donors (Lipinski definition) is 0. The number of nitrogens with zero attached hydrogens (tertiary/aromatic N) is 1. The predicted octanol–water partition coefficient (Wildman–Crippen LogP) is 4.69. The number of carbonyl (C=O) groups is 1. The highest BCUT2D eigenvalue weighted by atomic mass is 35.5. The maximum Gasteiger partial charge on any atom is 0.339 e. The minimum atomic E-state index is -0.394. The average molecular weight is 355 g/mol. The Balaban J connectivity index is 0.00000400. The average Bonchev–Trinajstić information content (AvgIpc) is 2.42. The highest BCUT2D eigenvalue weighted by molar-refractivity contribution is 6.36. The van der Waals surface area contributed by atoms with Crippen LogP contribution in [0.5, 0.6) is 0 Å². The summed E-state index contributed by atoms with van der Waals surface area (Å²) in [4.78, 5) is 14.2. The van der Waals surface area contributed by atoms with Gasteiger partial charge < -0.3 is 9.64 Å². The molecule has 0 aliphatic rings. The summed E-state index contributed by atoms with van der Waals surface area (Å²) in [6.07, 6.45) is 1.87. The van der Waals surface area contributed by atoms with E-state index in [-0.39, 0.29) is 12.4 Å². The van der Waals surface area contributed by atoms with E-state index in [4.69, 9.17) is 27.9 Å². The quantitative estimate of drug-likeness (QED) is 0.501. The monoisotopic (exact) mass is 353 g/mol. The summed E-state index contributed by atoms with van der Waals surface area (Å²) >= 11 is 11.7. The van der Waals surface area contributed by atoms with E-state index in [1.807, 2.05) is 0 Å². The highest BCUT2D eigenvalue weighted by Crippen LogP contribution is 2.21. The normalized spacial score (nSPS) is 10.3.